The highest BCUT2D eigenvalue weighted by Crippen LogP contribution is 2.31. The number of quaternary nitrogens is 1. The van der Waals surface area contributed by atoms with Crippen LogP contribution in [0, 0.1) is 5.92 Å². The first-order chi connectivity index (χ1) is 8.87. The molecule has 3 nitrogen and oxygen atoms in total. The molecule has 1 saturated heterocycles. The molecular formula is C13H12BrF2N2O+. The van der Waals surface area contributed by atoms with Crippen LogP contribution < -0.4 is 0 Å². The number of rotatable bonds is 2. The van der Waals surface area contributed by atoms with E-state index in [1.165, 1.54) is 0 Å². The fourth-order valence-corrected chi connectivity index (χ4v) is 2.86. The Balaban J connectivity index is 1.97. The van der Waals surface area contributed by atoms with Crippen molar-refractivity contribution >= 4 is 32.6 Å². The zero-order valence-electron chi connectivity index (χ0n) is 10.2. The Labute approximate surface area is 117 Å². The molecule has 0 saturated carbocycles. The zero-order chi connectivity index (χ0) is 13.8. The zero-order valence-corrected chi connectivity index (χ0v) is 11.8. The summed E-state index contributed by atoms with van der Waals surface area (Å²) in [5.41, 5.74) is 1.41. The number of Topliss-reactive ketones (excluding diaryl/α,β-unsaturated/α-hetero) is 1. The summed E-state index contributed by atoms with van der Waals surface area (Å²) in [7, 11) is 1.79. The highest BCUT2D eigenvalue weighted by Gasteiger charge is 2.53. The van der Waals surface area contributed by atoms with Gasteiger partial charge in [0.25, 0.3) is 0 Å². The molecule has 19 heavy (non-hydrogen) atoms. The smallest absolute Gasteiger partial charge is 0.194 e. The van der Waals surface area contributed by atoms with Crippen molar-refractivity contribution in [2.24, 2.45) is 13.0 Å². The number of carbonyl (C=O) groups is 1. The van der Waals surface area contributed by atoms with E-state index >= 15 is 0 Å². The molecule has 1 aliphatic heterocycles. The Hall–Kier alpha value is -1.27. The maximum Gasteiger partial charge on any atom is 0.194 e. The quantitative estimate of drug-likeness (QED) is 0.611. The summed E-state index contributed by atoms with van der Waals surface area (Å²) < 4.78 is 28.3. The van der Waals surface area contributed by atoms with Crippen LogP contribution in [0.3, 0.4) is 0 Å². The Bertz CT molecular complexity index is 673. The van der Waals surface area contributed by atoms with Crippen LogP contribution in [0.5, 0.6) is 0 Å². The van der Waals surface area contributed by atoms with Crippen LogP contribution in [-0.2, 0) is 7.05 Å². The number of ketones is 1. The van der Waals surface area contributed by atoms with E-state index in [9.17, 15) is 13.8 Å². The summed E-state index contributed by atoms with van der Waals surface area (Å²) in [5, 5.41) is 0.939. The van der Waals surface area contributed by atoms with Gasteiger partial charge >= 0.3 is 0 Å². The average Bonchev–Trinajstić information content (AvgIpc) is 2.63. The molecule has 2 heterocycles. The van der Waals surface area contributed by atoms with Gasteiger partial charge in [-0.3, -0.25) is 4.79 Å². The second-order valence-corrected chi connectivity index (χ2v) is 5.90. The molecule has 100 valence electrons. The minimum Gasteiger partial charge on any atom is -0.341 e. The maximum atomic E-state index is 12.8. The minimum atomic E-state index is -2.05. The molecule has 1 aliphatic rings. The van der Waals surface area contributed by atoms with Crippen LogP contribution in [-0.4, -0.2) is 28.4 Å². The lowest BCUT2D eigenvalue weighted by Gasteiger charge is -2.29. The molecule has 6 heteroatoms. The number of halogens is 3. The topological polar surface area (TPSA) is 22.0 Å². The molecule has 0 bridgehead atoms. The van der Waals surface area contributed by atoms with E-state index in [4.69, 9.17) is 0 Å². The van der Waals surface area contributed by atoms with Gasteiger partial charge < -0.3 is 4.57 Å². The molecule has 1 aromatic heterocycles. The highest BCUT2D eigenvalue weighted by atomic mass is 79.9. The number of benzene rings is 1. The normalized spacial score (nSPS) is 18.5. The van der Waals surface area contributed by atoms with Gasteiger partial charge in [-0.15, -0.1) is 0 Å². The van der Waals surface area contributed by atoms with Crippen LogP contribution in [0.25, 0.3) is 10.9 Å². The van der Waals surface area contributed by atoms with E-state index in [2.05, 4.69) is 15.9 Å². The standard InChI is InChI=1S/C13H12BrF2N2O/c1-17-11-5-10(14)3-2-8(11)4-12(17)13(19)9-6-18(15,16)7-9/h2-5,9H,6-7H2,1H3/q+1. The van der Waals surface area contributed by atoms with E-state index in [1.807, 2.05) is 18.2 Å². The molecular weight excluding hydrogens is 318 g/mol. The molecule has 3 rings (SSSR count). The molecule has 0 N–H and O–H groups in total. The SMILES string of the molecule is Cn1c(C(=O)C2C[N+](F)(F)C2)cc2ccc(Br)cc21. The fraction of sp³-hybridized carbons (Fsp3) is 0.308. The first-order valence-electron chi connectivity index (χ1n) is 5.93. The summed E-state index contributed by atoms with van der Waals surface area (Å²) >= 11 is 3.38. The van der Waals surface area contributed by atoms with Gasteiger partial charge in [-0.1, -0.05) is 22.0 Å². The Morgan fingerprint density at radius 1 is 1.37 bits per heavy atom. The number of carbonyl (C=O) groups excluding carboxylic acids is 1. The van der Waals surface area contributed by atoms with Crippen LogP contribution in [0.2, 0.25) is 0 Å². The van der Waals surface area contributed by atoms with Crippen molar-refractivity contribution in [3.05, 3.63) is 34.4 Å². The van der Waals surface area contributed by atoms with E-state index < -0.39 is 10.8 Å². The van der Waals surface area contributed by atoms with Gasteiger partial charge in [-0.05, 0) is 18.2 Å². The summed E-state index contributed by atoms with van der Waals surface area (Å²) in [5.74, 6) is -0.764. The van der Waals surface area contributed by atoms with Crippen LogP contribution >= 0.6 is 15.9 Å². The number of hydrogen-bond donors (Lipinski definition) is 0. The summed E-state index contributed by atoms with van der Waals surface area (Å²) in [6.07, 6.45) is 0. The fourth-order valence-electron chi connectivity index (χ4n) is 2.51. The molecule has 0 radical (unpaired) electrons. The minimum absolute atomic E-state index is 0.195. The third-order valence-corrected chi connectivity index (χ3v) is 4.10. The summed E-state index contributed by atoms with van der Waals surface area (Å²) in [4.78, 5) is 10.2. The molecule has 0 unspecified atom stereocenters. The van der Waals surface area contributed by atoms with Crippen molar-refractivity contribution in [1.29, 1.82) is 0 Å². The maximum absolute atomic E-state index is 12.8. The van der Waals surface area contributed by atoms with Gasteiger partial charge in [0.1, 0.15) is 5.92 Å². The number of hydrogen-bond acceptors (Lipinski definition) is 1. The Morgan fingerprint density at radius 3 is 2.68 bits per heavy atom. The number of nitrogens with zero attached hydrogens (tertiary/aromatic N) is 2. The second kappa shape index (κ2) is 4.11. The van der Waals surface area contributed by atoms with E-state index in [1.54, 1.807) is 17.7 Å². The second-order valence-electron chi connectivity index (χ2n) is 4.98. The van der Waals surface area contributed by atoms with Crippen LogP contribution in [0.4, 0.5) is 8.96 Å². The molecule has 1 aromatic carbocycles. The molecule has 2 aromatic rings. The van der Waals surface area contributed by atoms with E-state index in [0.717, 1.165) is 15.4 Å². The van der Waals surface area contributed by atoms with E-state index in [0.29, 0.717) is 5.69 Å². The van der Waals surface area contributed by atoms with Gasteiger partial charge in [0, 0.05) is 31.4 Å². The third-order valence-electron chi connectivity index (χ3n) is 3.61. The lowest BCUT2D eigenvalue weighted by atomic mass is 9.95. The van der Waals surface area contributed by atoms with Crippen LogP contribution in [0.1, 0.15) is 10.5 Å². The first kappa shape index (κ1) is 12.7. The number of aromatic nitrogens is 1. The van der Waals surface area contributed by atoms with Crippen molar-refractivity contribution in [3.63, 3.8) is 0 Å². The van der Waals surface area contributed by atoms with Gasteiger partial charge in [0.05, 0.1) is 10.6 Å². The lowest BCUT2D eigenvalue weighted by Crippen LogP contribution is -2.55. The molecule has 1 fully saturated rings. The van der Waals surface area contributed by atoms with Crippen LogP contribution in [0.15, 0.2) is 28.7 Å². The Morgan fingerprint density at radius 2 is 2.05 bits per heavy atom. The summed E-state index contributed by atoms with van der Waals surface area (Å²) in [6.45, 7) is -0.770. The van der Waals surface area contributed by atoms with Gasteiger partial charge in [0.15, 0.2) is 18.9 Å². The predicted octanol–water partition coefficient (Wildman–Crippen LogP) is 3.34. The highest BCUT2D eigenvalue weighted by molar-refractivity contribution is 9.10. The van der Waals surface area contributed by atoms with Crippen molar-refractivity contribution in [2.45, 2.75) is 0 Å². The molecule has 0 amide bonds. The first-order valence-corrected chi connectivity index (χ1v) is 6.72. The Kier molecular flexibility index (Phi) is 2.76. The molecule has 0 spiro atoms. The van der Waals surface area contributed by atoms with Crippen molar-refractivity contribution < 1.29 is 18.7 Å². The predicted molar refractivity (Wildman–Crippen MR) is 70.6 cm³/mol. The number of fused-ring (bicyclic) bond motifs is 1. The molecule has 0 atom stereocenters. The molecule has 0 aliphatic carbocycles. The van der Waals surface area contributed by atoms with E-state index in [-0.39, 0.29) is 18.9 Å². The lowest BCUT2D eigenvalue weighted by molar-refractivity contribution is -1.20. The van der Waals surface area contributed by atoms with Crippen molar-refractivity contribution in [3.8, 4) is 0 Å². The largest absolute Gasteiger partial charge is 0.341 e. The number of aryl methyl sites for hydroxylation is 1. The third kappa shape index (κ3) is 2.08. The average molecular weight is 330 g/mol. The monoisotopic (exact) mass is 329 g/mol. The summed E-state index contributed by atoms with van der Waals surface area (Å²) in [6, 6.07) is 7.48. The van der Waals surface area contributed by atoms with Crippen molar-refractivity contribution in [1.82, 2.24) is 4.57 Å². The van der Waals surface area contributed by atoms with Crippen molar-refractivity contribution in [2.75, 3.05) is 13.1 Å². The van der Waals surface area contributed by atoms with Gasteiger partial charge in [0.2, 0.25) is 0 Å². The van der Waals surface area contributed by atoms with Gasteiger partial charge in [-0.2, -0.15) is 0 Å². The van der Waals surface area contributed by atoms with Gasteiger partial charge in [-0.25, -0.2) is 0 Å².